The van der Waals surface area contributed by atoms with E-state index in [4.69, 9.17) is 9.47 Å². The molecular weight excluding hydrogens is 284 g/mol. The Morgan fingerprint density at radius 2 is 2.10 bits per heavy atom. The SMILES string of the molecule is CCOCOc1ccc2nc(-c3ccc(C)nc3)sc2c1. The number of nitrogens with zero attached hydrogens (tertiary/aromatic N) is 2. The van der Waals surface area contributed by atoms with E-state index in [0.717, 1.165) is 32.2 Å². The Balaban J connectivity index is 1.87. The second-order valence-electron chi connectivity index (χ2n) is 4.59. The summed E-state index contributed by atoms with van der Waals surface area (Å²) in [4.78, 5) is 8.96. The third-order valence-corrected chi connectivity index (χ3v) is 4.10. The van der Waals surface area contributed by atoms with Gasteiger partial charge in [-0.25, -0.2) is 4.98 Å². The van der Waals surface area contributed by atoms with Gasteiger partial charge in [0.15, 0.2) is 6.79 Å². The molecule has 108 valence electrons. The third-order valence-electron chi connectivity index (χ3n) is 3.03. The smallest absolute Gasteiger partial charge is 0.189 e. The molecule has 0 unspecified atom stereocenters. The number of rotatable bonds is 5. The Kier molecular flexibility index (Phi) is 4.13. The van der Waals surface area contributed by atoms with Gasteiger partial charge in [0.1, 0.15) is 10.8 Å². The molecule has 0 saturated carbocycles. The van der Waals surface area contributed by atoms with Crippen LogP contribution in [0.1, 0.15) is 12.6 Å². The molecule has 4 nitrogen and oxygen atoms in total. The highest BCUT2D eigenvalue weighted by atomic mass is 32.1. The van der Waals surface area contributed by atoms with Gasteiger partial charge in [-0.05, 0) is 44.2 Å². The molecule has 0 saturated heterocycles. The zero-order valence-electron chi connectivity index (χ0n) is 12.0. The van der Waals surface area contributed by atoms with Crippen LogP contribution in [0.4, 0.5) is 0 Å². The summed E-state index contributed by atoms with van der Waals surface area (Å²) in [5.41, 5.74) is 3.02. The van der Waals surface area contributed by atoms with Crippen LogP contribution in [0.2, 0.25) is 0 Å². The molecular formula is C16H16N2O2S. The summed E-state index contributed by atoms with van der Waals surface area (Å²) in [5, 5.41) is 0.972. The Morgan fingerprint density at radius 1 is 1.19 bits per heavy atom. The third kappa shape index (κ3) is 3.20. The fourth-order valence-electron chi connectivity index (χ4n) is 1.91. The lowest BCUT2D eigenvalue weighted by molar-refractivity contribution is 0.0225. The largest absolute Gasteiger partial charge is 0.468 e. The topological polar surface area (TPSA) is 44.2 Å². The summed E-state index contributed by atoms with van der Waals surface area (Å²) in [7, 11) is 0. The van der Waals surface area contributed by atoms with Crippen LogP contribution in [0.25, 0.3) is 20.8 Å². The molecule has 1 aromatic carbocycles. The number of hydrogen-bond acceptors (Lipinski definition) is 5. The van der Waals surface area contributed by atoms with E-state index in [2.05, 4.69) is 9.97 Å². The van der Waals surface area contributed by atoms with Crippen molar-refractivity contribution in [1.82, 2.24) is 9.97 Å². The van der Waals surface area contributed by atoms with Gasteiger partial charge >= 0.3 is 0 Å². The summed E-state index contributed by atoms with van der Waals surface area (Å²) in [6, 6.07) is 9.93. The van der Waals surface area contributed by atoms with E-state index in [1.54, 1.807) is 11.3 Å². The van der Waals surface area contributed by atoms with Crippen LogP contribution >= 0.6 is 11.3 Å². The number of benzene rings is 1. The molecule has 0 aliphatic heterocycles. The zero-order valence-corrected chi connectivity index (χ0v) is 12.8. The van der Waals surface area contributed by atoms with E-state index < -0.39 is 0 Å². The van der Waals surface area contributed by atoms with Crippen LogP contribution in [-0.4, -0.2) is 23.4 Å². The first kappa shape index (κ1) is 14.0. The Hall–Kier alpha value is -1.98. The van der Waals surface area contributed by atoms with Crippen molar-refractivity contribution in [2.24, 2.45) is 0 Å². The van der Waals surface area contributed by atoms with Crippen LogP contribution < -0.4 is 4.74 Å². The van der Waals surface area contributed by atoms with Gasteiger partial charge in [0.25, 0.3) is 0 Å². The second-order valence-corrected chi connectivity index (χ2v) is 5.62. The van der Waals surface area contributed by atoms with Gasteiger partial charge in [-0.3, -0.25) is 4.98 Å². The summed E-state index contributed by atoms with van der Waals surface area (Å²) in [6.45, 7) is 4.84. The molecule has 5 heteroatoms. The van der Waals surface area contributed by atoms with Crippen molar-refractivity contribution in [3.63, 3.8) is 0 Å². The minimum Gasteiger partial charge on any atom is -0.468 e. The molecule has 0 spiro atoms. The highest BCUT2D eigenvalue weighted by molar-refractivity contribution is 7.21. The molecule has 0 radical (unpaired) electrons. The molecule has 0 N–H and O–H groups in total. The summed E-state index contributed by atoms with van der Waals surface area (Å²) in [5.74, 6) is 0.799. The van der Waals surface area contributed by atoms with Crippen molar-refractivity contribution in [2.75, 3.05) is 13.4 Å². The number of ether oxygens (including phenoxy) is 2. The minimum absolute atomic E-state index is 0.273. The number of thiazole rings is 1. The molecule has 0 bridgehead atoms. The molecule has 3 rings (SSSR count). The van der Waals surface area contributed by atoms with Gasteiger partial charge in [-0.1, -0.05) is 0 Å². The molecule has 0 aliphatic carbocycles. The van der Waals surface area contributed by atoms with Crippen molar-refractivity contribution in [2.45, 2.75) is 13.8 Å². The normalized spacial score (nSPS) is 11.0. The molecule has 2 heterocycles. The maximum atomic E-state index is 5.53. The first-order valence-electron chi connectivity index (χ1n) is 6.80. The molecule has 2 aromatic heterocycles. The molecule has 21 heavy (non-hydrogen) atoms. The second kappa shape index (κ2) is 6.20. The lowest BCUT2D eigenvalue weighted by Gasteiger charge is -2.04. The van der Waals surface area contributed by atoms with E-state index in [9.17, 15) is 0 Å². The molecule has 0 amide bonds. The van der Waals surface area contributed by atoms with Crippen molar-refractivity contribution in [3.05, 3.63) is 42.2 Å². The van der Waals surface area contributed by atoms with Crippen LogP contribution in [0, 0.1) is 6.92 Å². The Labute approximate surface area is 127 Å². The lowest BCUT2D eigenvalue weighted by atomic mass is 10.2. The van der Waals surface area contributed by atoms with E-state index in [-0.39, 0.29) is 6.79 Å². The minimum atomic E-state index is 0.273. The van der Waals surface area contributed by atoms with Crippen molar-refractivity contribution < 1.29 is 9.47 Å². The average Bonchev–Trinajstić information content (AvgIpc) is 2.91. The Morgan fingerprint density at radius 3 is 2.86 bits per heavy atom. The van der Waals surface area contributed by atoms with E-state index in [1.807, 2.05) is 50.4 Å². The van der Waals surface area contributed by atoms with Crippen molar-refractivity contribution >= 4 is 21.6 Å². The number of aromatic nitrogens is 2. The number of pyridine rings is 1. The highest BCUT2D eigenvalue weighted by Crippen LogP contribution is 2.32. The summed E-state index contributed by atoms with van der Waals surface area (Å²) >= 11 is 1.64. The van der Waals surface area contributed by atoms with Crippen LogP contribution in [-0.2, 0) is 4.74 Å². The first-order chi connectivity index (χ1) is 10.3. The summed E-state index contributed by atoms with van der Waals surface area (Å²) in [6.07, 6.45) is 1.86. The predicted octanol–water partition coefficient (Wildman–Crippen LogP) is 4.04. The first-order valence-corrected chi connectivity index (χ1v) is 7.62. The van der Waals surface area contributed by atoms with Gasteiger partial charge < -0.3 is 9.47 Å². The van der Waals surface area contributed by atoms with E-state index >= 15 is 0 Å². The van der Waals surface area contributed by atoms with E-state index in [0.29, 0.717) is 6.61 Å². The fourth-order valence-corrected chi connectivity index (χ4v) is 2.89. The molecule has 0 fully saturated rings. The number of aryl methyl sites for hydroxylation is 1. The van der Waals surface area contributed by atoms with Gasteiger partial charge in [-0.2, -0.15) is 0 Å². The number of fused-ring (bicyclic) bond motifs is 1. The Bertz CT molecular complexity index is 738. The van der Waals surface area contributed by atoms with Crippen molar-refractivity contribution in [3.8, 4) is 16.3 Å². The maximum absolute atomic E-state index is 5.53. The van der Waals surface area contributed by atoms with Crippen molar-refractivity contribution in [1.29, 1.82) is 0 Å². The lowest BCUT2D eigenvalue weighted by Crippen LogP contribution is -2.01. The quantitative estimate of drug-likeness (QED) is 0.527. The predicted molar refractivity (Wildman–Crippen MR) is 84.7 cm³/mol. The zero-order chi connectivity index (χ0) is 14.7. The van der Waals surface area contributed by atoms with Crippen LogP contribution in [0.15, 0.2) is 36.5 Å². The molecule has 0 aliphatic rings. The summed E-state index contributed by atoms with van der Waals surface area (Å²) < 4.78 is 11.8. The average molecular weight is 300 g/mol. The highest BCUT2D eigenvalue weighted by Gasteiger charge is 2.07. The number of hydrogen-bond donors (Lipinski definition) is 0. The van der Waals surface area contributed by atoms with Crippen LogP contribution in [0.3, 0.4) is 0 Å². The monoisotopic (exact) mass is 300 g/mol. The molecule has 3 aromatic rings. The van der Waals surface area contributed by atoms with Crippen LogP contribution in [0.5, 0.6) is 5.75 Å². The van der Waals surface area contributed by atoms with Gasteiger partial charge in [0, 0.05) is 24.1 Å². The maximum Gasteiger partial charge on any atom is 0.189 e. The van der Waals surface area contributed by atoms with Gasteiger partial charge in [-0.15, -0.1) is 11.3 Å². The molecule has 0 atom stereocenters. The van der Waals surface area contributed by atoms with Gasteiger partial charge in [0.05, 0.1) is 10.2 Å². The van der Waals surface area contributed by atoms with Gasteiger partial charge in [0.2, 0.25) is 0 Å². The standard InChI is InChI=1S/C16H16N2O2S/c1-3-19-10-20-13-6-7-14-15(8-13)21-16(18-14)12-5-4-11(2)17-9-12/h4-9H,3,10H2,1-2H3. The fraction of sp³-hybridized carbons (Fsp3) is 0.250. The van der Waals surface area contributed by atoms with E-state index in [1.165, 1.54) is 0 Å².